The number of hydrogen-bond acceptors (Lipinski definition) is 7. The van der Waals surface area contributed by atoms with Gasteiger partial charge in [-0.3, -0.25) is 0 Å². The van der Waals surface area contributed by atoms with Gasteiger partial charge >= 0.3 is 5.97 Å². The first-order valence-corrected chi connectivity index (χ1v) is 11.9. The Hall–Kier alpha value is -1.51. The van der Waals surface area contributed by atoms with Crippen LogP contribution in [-0.4, -0.2) is 36.5 Å². The van der Waals surface area contributed by atoms with Gasteiger partial charge in [-0.05, 0) is 50.5 Å². The number of fused-ring (bicyclic) bond motifs is 2. The van der Waals surface area contributed by atoms with Gasteiger partial charge in [0.2, 0.25) is 5.79 Å². The van der Waals surface area contributed by atoms with Crippen molar-refractivity contribution >= 4 is 5.97 Å². The molecular weight excluding hydrogens is 412 g/mol. The molecule has 2 bridgehead atoms. The van der Waals surface area contributed by atoms with E-state index in [0.29, 0.717) is 5.92 Å². The summed E-state index contributed by atoms with van der Waals surface area (Å²) in [6.45, 7) is 8.38. The van der Waals surface area contributed by atoms with Gasteiger partial charge < -0.3 is 18.9 Å². The van der Waals surface area contributed by atoms with Crippen LogP contribution >= 0.6 is 0 Å². The second kappa shape index (κ2) is 8.37. The molecule has 0 radical (unpaired) electrons. The van der Waals surface area contributed by atoms with Gasteiger partial charge in [0.15, 0.2) is 24.3 Å². The molecule has 32 heavy (non-hydrogen) atoms. The zero-order chi connectivity index (χ0) is 22.5. The van der Waals surface area contributed by atoms with Crippen LogP contribution in [0, 0.1) is 23.7 Å². The van der Waals surface area contributed by atoms with Gasteiger partial charge in [-0.25, -0.2) is 14.6 Å². The number of esters is 1. The van der Waals surface area contributed by atoms with Gasteiger partial charge in [0.05, 0.1) is 6.61 Å². The van der Waals surface area contributed by atoms with Crippen LogP contribution in [0.25, 0.3) is 0 Å². The number of carbonyl (C=O) groups excluding carboxylic acids is 1. The fourth-order valence-electron chi connectivity index (χ4n) is 6.28. The van der Waals surface area contributed by atoms with Gasteiger partial charge in [-0.2, -0.15) is 0 Å². The highest BCUT2D eigenvalue weighted by molar-refractivity contribution is 5.76. The minimum atomic E-state index is -0.869. The van der Waals surface area contributed by atoms with E-state index in [1.54, 1.807) is 6.92 Å². The van der Waals surface area contributed by atoms with Crippen molar-refractivity contribution < 1.29 is 33.5 Å². The van der Waals surface area contributed by atoms with Crippen molar-refractivity contribution in [3.63, 3.8) is 0 Å². The quantitative estimate of drug-likeness (QED) is 0.486. The minimum Gasteiger partial charge on any atom is -0.464 e. The predicted octanol–water partition coefficient (Wildman–Crippen LogP) is 4.52. The zero-order valence-corrected chi connectivity index (χ0v) is 19.3. The maximum absolute atomic E-state index is 12.8. The van der Waals surface area contributed by atoms with Gasteiger partial charge in [0.1, 0.15) is 0 Å². The summed E-state index contributed by atoms with van der Waals surface area (Å²) in [5.74, 6) is -0.368. The average molecular weight is 447 g/mol. The lowest BCUT2D eigenvalue weighted by Crippen LogP contribution is -2.70. The van der Waals surface area contributed by atoms with Crippen LogP contribution in [0.2, 0.25) is 0 Å². The average Bonchev–Trinajstić information content (AvgIpc) is 3.02. The molecule has 1 spiro atoms. The highest BCUT2D eigenvalue weighted by atomic mass is 17.3. The third-order valence-corrected chi connectivity index (χ3v) is 7.97. The van der Waals surface area contributed by atoms with Gasteiger partial charge in [-0.1, -0.05) is 44.2 Å². The Morgan fingerprint density at radius 2 is 1.91 bits per heavy atom. The molecule has 5 aliphatic rings. The van der Waals surface area contributed by atoms with Crippen molar-refractivity contribution in [1.29, 1.82) is 0 Å². The van der Waals surface area contributed by atoms with Gasteiger partial charge in [0, 0.05) is 18.3 Å². The summed E-state index contributed by atoms with van der Waals surface area (Å²) in [6.07, 6.45) is 1.70. The molecule has 9 atom stereocenters. The summed E-state index contributed by atoms with van der Waals surface area (Å²) < 4.78 is 24.6. The van der Waals surface area contributed by atoms with E-state index in [0.717, 1.165) is 31.2 Å². The Morgan fingerprint density at radius 1 is 1.12 bits per heavy atom. The summed E-state index contributed by atoms with van der Waals surface area (Å²) in [5, 5.41) is 0. The van der Waals surface area contributed by atoms with Crippen molar-refractivity contribution in [1.82, 2.24) is 0 Å². The molecule has 1 aromatic carbocycles. The molecule has 1 saturated carbocycles. The SMILES string of the molecule is CCOC(=O)[C@H](O[C@H]1O[C@@H]2O[C@@]3(C)CC[C@H]4[C@H](C)CCC([C@H]1C)[C@@]24OO3)c1ccccc1. The van der Waals surface area contributed by atoms with E-state index in [-0.39, 0.29) is 24.4 Å². The standard InChI is InChI=1S/C25H34O7/c1-5-27-21(26)20(17-9-7-6-8-10-17)28-22-16(3)19-12-11-15(2)18-13-14-24(4)30-23(29-22)25(18,19)32-31-24/h6-10,15-16,18-20,22-23H,5,11-14H2,1-4H3/t15-,16-,18+,19?,20-,22+,23-,24-,25-/m1/s1. The molecule has 0 N–H and O–H groups in total. The third-order valence-electron chi connectivity index (χ3n) is 7.97. The van der Waals surface area contributed by atoms with Crippen LogP contribution in [0.15, 0.2) is 30.3 Å². The van der Waals surface area contributed by atoms with Crippen molar-refractivity contribution in [3.05, 3.63) is 35.9 Å². The van der Waals surface area contributed by atoms with Crippen molar-refractivity contribution in [2.45, 2.75) is 83.5 Å². The van der Waals surface area contributed by atoms with Crippen LogP contribution in [-0.2, 0) is 33.5 Å². The molecular formula is C25H34O7. The summed E-state index contributed by atoms with van der Waals surface area (Å²) in [6, 6.07) is 9.43. The topological polar surface area (TPSA) is 72.5 Å². The summed E-state index contributed by atoms with van der Waals surface area (Å²) in [5.41, 5.74) is 0.0890. The van der Waals surface area contributed by atoms with E-state index < -0.39 is 36.0 Å². The van der Waals surface area contributed by atoms with Crippen LogP contribution in [0.4, 0.5) is 0 Å². The van der Waals surface area contributed by atoms with E-state index in [1.807, 2.05) is 37.3 Å². The number of hydrogen-bond donors (Lipinski definition) is 0. The van der Waals surface area contributed by atoms with Crippen molar-refractivity contribution in [2.24, 2.45) is 23.7 Å². The molecule has 0 amide bonds. The van der Waals surface area contributed by atoms with Crippen LogP contribution in [0.5, 0.6) is 0 Å². The summed E-state index contributed by atoms with van der Waals surface area (Å²) in [4.78, 5) is 24.9. The molecule has 5 fully saturated rings. The fraction of sp³-hybridized carbons (Fsp3) is 0.720. The Morgan fingerprint density at radius 3 is 2.66 bits per heavy atom. The lowest BCUT2D eigenvalue weighted by molar-refractivity contribution is -0.578. The second-order valence-corrected chi connectivity index (χ2v) is 9.95. The van der Waals surface area contributed by atoms with E-state index in [4.69, 9.17) is 28.7 Å². The van der Waals surface area contributed by atoms with Gasteiger partial charge in [0.25, 0.3) is 0 Å². The fourth-order valence-corrected chi connectivity index (χ4v) is 6.28. The summed E-state index contributed by atoms with van der Waals surface area (Å²) in [7, 11) is 0. The van der Waals surface area contributed by atoms with Crippen LogP contribution < -0.4 is 0 Å². The van der Waals surface area contributed by atoms with E-state index in [2.05, 4.69) is 13.8 Å². The molecule has 1 unspecified atom stereocenters. The maximum Gasteiger partial charge on any atom is 0.340 e. The number of ether oxygens (including phenoxy) is 4. The molecule has 7 nitrogen and oxygen atoms in total. The molecule has 4 aliphatic heterocycles. The number of carbonyl (C=O) groups is 1. The summed E-state index contributed by atoms with van der Waals surface area (Å²) >= 11 is 0. The molecule has 4 saturated heterocycles. The first-order valence-electron chi connectivity index (χ1n) is 11.9. The highest BCUT2D eigenvalue weighted by Crippen LogP contribution is 2.60. The maximum atomic E-state index is 12.8. The smallest absolute Gasteiger partial charge is 0.340 e. The number of rotatable bonds is 5. The lowest BCUT2D eigenvalue weighted by atomic mass is 9.58. The molecule has 6 rings (SSSR count). The van der Waals surface area contributed by atoms with E-state index in [1.165, 1.54) is 0 Å². The first-order chi connectivity index (χ1) is 15.4. The Bertz CT molecular complexity index is 831. The molecule has 1 aliphatic carbocycles. The van der Waals surface area contributed by atoms with E-state index >= 15 is 0 Å². The normalized spacial score (nSPS) is 43.8. The molecule has 0 aromatic heterocycles. The number of benzene rings is 1. The largest absolute Gasteiger partial charge is 0.464 e. The van der Waals surface area contributed by atoms with Crippen molar-refractivity contribution in [3.8, 4) is 0 Å². The second-order valence-electron chi connectivity index (χ2n) is 9.95. The first kappa shape index (κ1) is 22.3. The Labute approximate surface area is 189 Å². The molecule has 7 heteroatoms. The van der Waals surface area contributed by atoms with Crippen LogP contribution in [0.3, 0.4) is 0 Å². The van der Waals surface area contributed by atoms with Crippen molar-refractivity contribution in [2.75, 3.05) is 6.61 Å². The Kier molecular flexibility index (Phi) is 5.83. The lowest BCUT2D eigenvalue weighted by Gasteiger charge is -2.60. The van der Waals surface area contributed by atoms with Crippen LogP contribution in [0.1, 0.15) is 65.0 Å². The predicted molar refractivity (Wildman–Crippen MR) is 114 cm³/mol. The van der Waals surface area contributed by atoms with Gasteiger partial charge in [-0.15, -0.1) is 0 Å². The highest BCUT2D eigenvalue weighted by Gasteiger charge is 2.69. The monoisotopic (exact) mass is 446 g/mol. The Balaban J connectivity index is 1.46. The third kappa shape index (κ3) is 3.49. The van der Waals surface area contributed by atoms with E-state index in [9.17, 15) is 4.79 Å². The zero-order valence-electron chi connectivity index (χ0n) is 19.3. The molecule has 176 valence electrons. The minimum absolute atomic E-state index is 0.0171. The molecule has 4 heterocycles. The molecule has 1 aromatic rings.